The molecular weight excluding hydrogens is 236 g/mol. The van der Waals surface area contributed by atoms with Gasteiger partial charge in [0.1, 0.15) is 5.82 Å². The first kappa shape index (κ1) is 12.7. The molecule has 0 aromatic carbocycles. The second-order valence-electron chi connectivity index (χ2n) is 4.79. The van der Waals surface area contributed by atoms with Gasteiger partial charge in [0, 0.05) is 19.6 Å². The fourth-order valence-electron chi connectivity index (χ4n) is 2.03. The third-order valence-electron chi connectivity index (χ3n) is 3.31. The smallest absolute Gasteiger partial charge is 0.198 e. The maximum atomic E-state index is 5.61. The van der Waals surface area contributed by atoms with Crippen molar-refractivity contribution in [1.82, 2.24) is 19.2 Å². The summed E-state index contributed by atoms with van der Waals surface area (Å²) in [6.07, 6.45) is 0.283. The van der Waals surface area contributed by atoms with Crippen molar-refractivity contribution in [3.63, 3.8) is 0 Å². The van der Waals surface area contributed by atoms with Gasteiger partial charge < -0.3 is 9.30 Å². The van der Waals surface area contributed by atoms with Gasteiger partial charge in [0.05, 0.1) is 19.4 Å². The first-order valence-corrected chi connectivity index (χ1v) is 6.36. The molecule has 1 saturated heterocycles. The van der Waals surface area contributed by atoms with Crippen LogP contribution < -0.4 is 0 Å². The molecule has 1 aliphatic rings. The van der Waals surface area contributed by atoms with Crippen LogP contribution in [0.2, 0.25) is 0 Å². The zero-order valence-electron chi connectivity index (χ0n) is 10.9. The SMILES string of the molecule is Cc1nn(CN2CC(C)OCC2C)c(=S)n1C. The number of morpholine rings is 1. The van der Waals surface area contributed by atoms with Crippen LogP contribution in [-0.2, 0) is 18.5 Å². The van der Waals surface area contributed by atoms with Crippen molar-refractivity contribution in [2.24, 2.45) is 7.05 Å². The Kier molecular flexibility index (Phi) is 3.65. The van der Waals surface area contributed by atoms with Gasteiger partial charge >= 0.3 is 0 Å². The summed E-state index contributed by atoms with van der Waals surface area (Å²) in [5.41, 5.74) is 0. The Morgan fingerprint density at radius 1 is 1.47 bits per heavy atom. The lowest BCUT2D eigenvalue weighted by atomic mass is 10.2. The average Bonchev–Trinajstić information content (AvgIpc) is 2.52. The molecule has 0 N–H and O–H groups in total. The molecular formula is C11H20N4OS. The van der Waals surface area contributed by atoms with Gasteiger partial charge in [-0.25, -0.2) is 4.68 Å². The number of rotatable bonds is 2. The summed E-state index contributed by atoms with van der Waals surface area (Å²) in [4.78, 5) is 2.36. The summed E-state index contributed by atoms with van der Waals surface area (Å²) >= 11 is 5.36. The van der Waals surface area contributed by atoms with Crippen LogP contribution in [-0.4, -0.2) is 44.5 Å². The standard InChI is InChI=1S/C11H20N4OS/c1-8-6-16-9(2)5-14(8)7-15-11(17)13(4)10(3)12-15/h8-9H,5-7H2,1-4H3. The lowest BCUT2D eigenvalue weighted by Gasteiger charge is -2.36. The Morgan fingerprint density at radius 2 is 2.18 bits per heavy atom. The van der Waals surface area contributed by atoms with Crippen LogP contribution in [0.3, 0.4) is 0 Å². The fourth-order valence-corrected chi connectivity index (χ4v) is 2.26. The van der Waals surface area contributed by atoms with Gasteiger partial charge in [-0.15, -0.1) is 0 Å². The zero-order chi connectivity index (χ0) is 12.6. The number of ether oxygens (including phenoxy) is 1. The lowest BCUT2D eigenvalue weighted by Crippen LogP contribution is -2.47. The largest absolute Gasteiger partial charge is 0.376 e. The van der Waals surface area contributed by atoms with Crippen molar-refractivity contribution in [2.45, 2.75) is 39.6 Å². The first-order valence-electron chi connectivity index (χ1n) is 5.95. The fraction of sp³-hybridized carbons (Fsp3) is 0.818. The quantitative estimate of drug-likeness (QED) is 0.748. The summed E-state index contributed by atoms with van der Waals surface area (Å²) < 4.78 is 10.2. The Labute approximate surface area is 107 Å². The lowest BCUT2D eigenvalue weighted by molar-refractivity contribution is -0.0625. The van der Waals surface area contributed by atoms with E-state index >= 15 is 0 Å². The molecule has 0 bridgehead atoms. The van der Waals surface area contributed by atoms with Crippen LogP contribution in [0.5, 0.6) is 0 Å². The van der Waals surface area contributed by atoms with E-state index in [0.717, 1.165) is 30.4 Å². The maximum absolute atomic E-state index is 5.61. The summed E-state index contributed by atoms with van der Waals surface area (Å²) in [6.45, 7) is 8.69. The van der Waals surface area contributed by atoms with Crippen LogP contribution >= 0.6 is 12.2 Å². The van der Waals surface area contributed by atoms with Gasteiger partial charge in [-0.3, -0.25) is 4.90 Å². The minimum atomic E-state index is 0.283. The zero-order valence-corrected chi connectivity index (χ0v) is 11.7. The van der Waals surface area contributed by atoms with Crippen molar-refractivity contribution < 1.29 is 4.74 Å². The third kappa shape index (κ3) is 2.59. The highest BCUT2D eigenvalue weighted by atomic mass is 32.1. The van der Waals surface area contributed by atoms with Gasteiger partial charge in [0.2, 0.25) is 0 Å². The van der Waals surface area contributed by atoms with Gasteiger partial charge in [-0.1, -0.05) is 0 Å². The number of aromatic nitrogens is 3. The second kappa shape index (κ2) is 4.88. The van der Waals surface area contributed by atoms with E-state index in [-0.39, 0.29) is 6.10 Å². The molecule has 0 spiro atoms. The topological polar surface area (TPSA) is 35.2 Å². The van der Waals surface area contributed by atoms with Crippen molar-refractivity contribution in [3.05, 3.63) is 10.6 Å². The van der Waals surface area contributed by atoms with Gasteiger partial charge in [0.25, 0.3) is 0 Å². The van der Waals surface area contributed by atoms with Crippen molar-refractivity contribution >= 4 is 12.2 Å². The summed E-state index contributed by atoms with van der Waals surface area (Å²) in [6, 6.07) is 0.412. The number of nitrogens with zero attached hydrogens (tertiary/aromatic N) is 4. The van der Waals surface area contributed by atoms with E-state index < -0.39 is 0 Å². The Morgan fingerprint density at radius 3 is 2.76 bits per heavy atom. The molecule has 2 rings (SSSR count). The minimum absolute atomic E-state index is 0.283. The maximum Gasteiger partial charge on any atom is 0.198 e. The highest BCUT2D eigenvalue weighted by molar-refractivity contribution is 7.71. The molecule has 1 aromatic rings. The predicted octanol–water partition coefficient (Wildman–Crippen LogP) is 1.33. The summed E-state index contributed by atoms with van der Waals surface area (Å²) in [7, 11) is 1.95. The van der Waals surface area contributed by atoms with E-state index in [2.05, 4.69) is 23.8 Å². The molecule has 2 unspecified atom stereocenters. The molecule has 6 heteroatoms. The minimum Gasteiger partial charge on any atom is -0.376 e. The number of hydrogen-bond acceptors (Lipinski definition) is 4. The highest BCUT2D eigenvalue weighted by Crippen LogP contribution is 2.12. The van der Waals surface area contributed by atoms with Crippen molar-refractivity contribution in [1.29, 1.82) is 0 Å². The third-order valence-corrected chi connectivity index (χ3v) is 3.80. The monoisotopic (exact) mass is 256 g/mol. The second-order valence-corrected chi connectivity index (χ2v) is 5.16. The van der Waals surface area contributed by atoms with Crippen LogP contribution in [0.1, 0.15) is 19.7 Å². The molecule has 0 aliphatic carbocycles. The van der Waals surface area contributed by atoms with E-state index in [1.165, 1.54) is 0 Å². The van der Waals surface area contributed by atoms with E-state index in [0.29, 0.717) is 6.04 Å². The van der Waals surface area contributed by atoms with E-state index in [9.17, 15) is 0 Å². The first-order chi connectivity index (χ1) is 7.99. The highest BCUT2D eigenvalue weighted by Gasteiger charge is 2.24. The Hall–Kier alpha value is -0.720. The molecule has 1 fully saturated rings. The number of aryl methyl sites for hydroxylation is 1. The van der Waals surface area contributed by atoms with Crippen LogP contribution in [0.15, 0.2) is 0 Å². The molecule has 5 nitrogen and oxygen atoms in total. The van der Waals surface area contributed by atoms with Crippen LogP contribution in [0.4, 0.5) is 0 Å². The molecule has 1 aliphatic heterocycles. The van der Waals surface area contributed by atoms with E-state index in [4.69, 9.17) is 17.0 Å². The molecule has 0 amide bonds. The molecule has 96 valence electrons. The van der Waals surface area contributed by atoms with E-state index in [1.54, 1.807) is 0 Å². The molecule has 0 radical (unpaired) electrons. The average molecular weight is 256 g/mol. The molecule has 2 atom stereocenters. The summed E-state index contributed by atoms with van der Waals surface area (Å²) in [5, 5.41) is 4.46. The Balaban J connectivity index is 2.14. The van der Waals surface area contributed by atoms with Crippen LogP contribution in [0, 0.1) is 11.7 Å². The molecule has 17 heavy (non-hydrogen) atoms. The molecule has 0 saturated carbocycles. The number of hydrogen-bond donors (Lipinski definition) is 0. The van der Waals surface area contributed by atoms with Gasteiger partial charge in [0.15, 0.2) is 4.77 Å². The normalized spacial score (nSPS) is 26.4. The predicted molar refractivity (Wildman–Crippen MR) is 68.4 cm³/mol. The van der Waals surface area contributed by atoms with Crippen LogP contribution in [0.25, 0.3) is 0 Å². The van der Waals surface area contributed by atoms with Gasteiger partial charge in [-0.05, 0) is 33.0 Å². The molecule has 1 aromatic heterocycles. The van der Waals surface area contributed by atoms with E-state index in [1.807, 2.05) is 23.2 Å². The Bertz CT molecular complexity index is 453. The van der Waals surface area contributed by atoms with Crippen molar-refractivity contribution in [2.75, 3.05) is 13.2 Å². The summed E-state index contributed by atoms with van der Waals surface area (Å²) in [5.74, 6) is 0.948. The molecule has 2 heterocycles. The van der Waals surface area contributed by atoms with Crippen molar-refractivity contribution in [3.8, 4) is 0 Å². The van der Waals surface area contributed by atoms with Gasteiger partial charge in [-0.2, -0.15) is 5.10 Å².